The molecule has 17 heavy (non-hydrogen) atoms. The lowest BCUT2D eigenvalue weighted by molar-refractivity contribution is 0.214. The fraction of sp³-hybridized carbons (Fsp3) is 0.714. The van der Waals surface area contributed by atoms with Gasteiger partial charge in [-0.2, -0.15) is 0 Å². The van der Waals surface area contributed by atoms with Crippen molar-refractivity contribution in [2.75, 3.05) is 18.0 Å². The summed E-state index contributed by atoms with van der Waals surface area (Å²) >= 11 is 0. The highest BCUT2D eigenvalue weighted by atomic mass is 15.2. The predicted octanol–water partition coefficient (Wildman–Crippen LogP) is 2.90. The van der Waals surface area contributed by atoms with E-state index in [1.54, 1.807) is 0 Å². The minimum absolute atomic E-state index is 0.367. The smallest absolute Gasteiger partial charge is 0.147 e. The third-order valence-electron chi connectivity index (χ3n) is 3.82. The first-order valence-electron chi connectivity index (χ1n) is 6.41. The van der Waals surface area contributed by atoms with Crippen molar-refractivity contribution < 1.29 is 0 Å². The molecule has 0 aliphatic carbocycles. The van der Waals surface area contributed by atoms with Crippen molar-refractivity contribution in [3.05, 3.63) is 18.1 Å². The second-order valence-electron chi connectivity index (χ2n) is 6.37. The van der Waals surface area contributed by atoms with E-state index >= 15 is 0 Å². The van der Waals surface area contributed by atoms with Crippen LogP contribution in [0.5, 0.6) is 0 Å². The van der Waals surface area contributed by atoms with Crippen LogP contribution in [-0.2, 0) is 0 Å². The lowest BCUT2D eigenvalue weighted by Gasteiger charge is -2.29. The standard InChI is InChI=1S/C14H23N3/c1-10-8-17(9-12(10)14(3,4)5)13-7-15-11(2)6-16-13/h6-7,10,12H,8-9H2,1-5H3. The lowest BCUT2D eigenvalue weighted by atomic mass is 9.76. The maximum Gasteiger partial charge on any atom is 0.147 e. The van der Waals surface area contributed by atoms with Crippen LogP contribution in [0.2, 0.25) is 0 Å². The zero-order valence-electron chi connectivity index (χ0n) is 11.6. The van der Waals surface area contributed by atoms with Crippen LogP contribution in [0, 0.1) is 24.2 Å². The molecule has 2 rings (SSSR count). The van der Waals surface area contributed by atoms with E-state index in [1.807, 2.05) is 19.3 Å². The lowest BCUT2D eigenvalue weighted by Crippen LogP contribution is -2.27. The molecule has 2 atom stereocenters. The Balaban J connectivity index is 2.14. The summed E-state index contributed by atoms with van der Waals surface area (Å²) in [5, 5.41) is 0. The molecule has 1 saturated heterocycles. The summed E-state index contributed by atoms with van der Waals surface area (Å²) in [6.45, 7) is 13.5. The van der Waals surface area contributed by atoms with Crippen LogP contribution in [0.15, 0.2) is 12.4 Å². The number of anilines is 1. The molecular weight excluding hydrogens is 210 g/mol. The van der Waals surface area contributed by atoms with E-state index in [2.05, 4.69) is 42.6 Å². The first-order valence-corrected chi connectivity index (χ1v) is 6.41. The van der Waals surface area contributed by atoms with Crippen molar-refractivity contribution in [2.45, 2.75) is 34.6 Å². The van der Waals surface area contributed by atoms with Gasteiger partial charge in [0.2, 0.25) is 0 Å². The van der Waals surface area contributed by atoms with Crippen LogP contribution >= 0.6 is 0 Å². The minimum Gasteiger partial charge on any atom is -0.355 e. The molecule has 2 heterocycles. The van der Waals surface area contributed by atoms with Gasteiger partial charge in [-0.3, -0.25) is 4.98 Å². The van der Waals surface area contributed by atoms with E-state index in [9.17, 15) is 0 Å². The molecule has 1 aliphatic rings. The average Bonchev–Trinajstić information content (AvgIpc) is 2.61. The van der Waals surface area contributed by atoms with Crippen molar-refractivity contribution in [2.24, 2.45) is 17.3 Å². The number of hydrogen-bond acceptors (Lipinski definition) is 3. The van der Waals surface area contributed by atoms with Gasteiger partial charge in [-0.15, -0.1) is 0 Å². The highest BCUT2D eigenvalue weighted by Gasteiger charge is 2.37. The van der Waals surface area contributed by atoms with E-state index < -0.39 is 0 Å². The highest BCUT2D eigenvalue weighted by Crippen LogP contribution is 2.38. The Bertz CT molecular complexity index is 377. The minimum atomic E-state index is 0.367. The SMILES string of the molecule is Cc1cnc(N2CC(C)C(C(C)(C)C)C2)cn1. The van der Waals surface area contributed by atoms with Gasteiger partial charge >= 0.3 is 0 Å². The van der Waals surface area contributed by atoms with Gasteiger partial charge in [-0.25, -0.2) is 4.98 Å². The molecule has 0 aromatic carbocycles. The summed E-state index contributed by atoms with van der Waals surface area (Å²) in [5.74, 6) is 2.47. The molecule has 0 spiro atoms. The number of rotatable bonds is 1. The van der Waals surface area contributed by atoms with Crippen LogP contribution in [0.25, 0.3) is 0 Å². The first kappa shape index (κ1) is 12.3. The maximum atomic E-state index is 4.47. The Hall–Kier alpha value is -1.12. The Labute approximate surface area is 104 Å². The Morgan fingerprint density at radius 2 is 1.88 bits per heavy atom. The summed E-state index contributed by atoms with van der Waals surface area (Å²) in [7, 11) is 0. The maximum absolute atomic E-state index is 4.47. The topological polar surface area (TPSA) is 29.0 Å². The first-order chi connectivity index (χ1) is 7.88. The third-order valence-corrected chi connectivity index (χ3v) is 3.82. The largest absolute Gasteiger partial charge is 0.355 e. The van der Waals surface area contributed by atoms with Crippen molar-refractivity contribution in [3.63, 3.8) is 0 Å². The summed E-state index contributed by atoms with van der Waals surface area (Å²) < 4.78 is 0. The Morgan fingerprint density at radius 3 is 2.35 bits per heavy atom. The molecule has 1 aliphatic heterocycles. The van der Waals surface area contributed by atoms with Gasteiger partial charge in [-0.1, -0.05) is 27.7 Å². The molecule has 3 nitrogen and oxygen atoms in total. The number of aryl methyl sites for hydroxylation is 1. The monoisotopic (exact) mass is 233 g/mol. The summed E-state index contributed by atoms with van der Waals surface area (Å²) in [4.78, 5) is 11.2. The molecule has 0 bridgehead atoms. The van der Waals surface area contributed by atoms with Crippen LogP contribution in [-0.4, -0.2) is 23.1 Å². The van der Waals surface area contributed by atoms with Gasteiger partial charge in [-0.05, 0) is 24.2 Å². The summed E-state index contributed by atoms with van der Waals surface area (Å²) in [5.41, 5.74) is 1.35. The molecule has 1 aromatic rings. The fourth-order valence-electron chi connectivity index (χ4n) is 2.83. The average molecular weight is 233 g/mol. The number of hydrogen-bond donors (Lipinski definition) is 0. The van der Waals surface area contributed by atoms with E-state index in [4.69, 9.17) is 0 Å². The van der Waals surface area contributed by atoms with Crippen LogP contribution < -0.4 is 4.90 Å². The normalized spacial score (nSPS) is 25.4. The van der Waals surface area contributed by atoms with E-state index in [0.29, 0.717) is 5.41 Å². The van der Waals surface area contributed by atoms with Gasteiger partial charge in [0.15, 0.2) is 0 Å². The van der Waals surface area contributed by atoms with Crippen molar-refractivity contribution in [1.29, 1.82) is 0 Å². The van der Waals surface area contributed by atoms with E-state index in [-0.39, 0.29) is 0 Å². The van der Waals surface area contributed by atoms with E-state index in [1.165, 1.54) is 0 Å². The number of nitrogens with zero attached hydrogens (tertiary/aromatic N) is 3. The van der Waals surface area contributed by atoms with E-state index in [0.717, 1.165) is 36.4 Å². The van der Waals surface area contributed by atoms with Crippen LogP contribution in [0.1, 0.15) is 33.4 Å². The van der Waals surface area contributed by atoms with Gasteiger partial charge in [0, 0.05) is 13.1 Å². The van der Waals surface area contributed by atoms with Crippen LogP contribution in [0.3, 0.4) is 0 Å². The molecule has 0 saturated carbocycles. The Morgan fingerprint density at radius 1 is 1.18 bits per heavy atom. The summed E-state index contributed by atoms with van der Waals surface area (Å²) in [6, 6.07) is 0. The third kappa shape index (κ3) is 2.59. The van der Waals surface area contributed by atoms with Crippen molar-refractivity contribution in [3.8, 4) is 0 Å². The molecule has 94 valence electrons. The molecule has 2 unspecified atom stereocenters. The fourth-order valence-corrected chi connectivity index (χ4v) is 2.83. The van der Waals surface area contributed by atoms with Crippen molar-refractivity contribution >= 4 is 5.82 Å². The second kappa shape index (κ2) is 4.28. The van der Waals surface area contributed by atoms with Crippen LogP contribution in [0.4, 0.5) is 5.82 Å². The zero-order chi connectivity index (χ0) is 12.6. The molecule has 3 heteroatoms. The van der Waals surface area contributed by atoms with Gasteiger partial charge in [0.05, 0.1) is 18.1 Å². The molecule has 0 radical (unpaired) electrons. The highest BCUT2D eigenvalue weighted by molar-refractivity contribution is 5.37. The Kier molecular flexibility index (Phi) is 3.11. The quantitative estimate of drug-likeness (QED) is 0.747. The molecule has 1 fully saturated rings. The predicted molar refractivity (Wildman–Crippen MR) is 71.1 cm³/mol. The summed E-state index contributed by atoms with van der Waals surface area (Å²) in [6.07, 6.45) is 3.75. The van der Waals surface area contributed by atoms with Gasteiger partial charge in [0.25, 0.3) is 0 Å². The molecule has 0 amide bonds. The van der Waals surface area contributed by atoms with Crippen molar-refractivity contribution in [1.82, 2.24) is 9.97 Å². The van der Waals surface area contributed by atoms with Gasteiger partial charge in [0.1, 0.15) is 5.82 Å². The molecule has 1 aromatic heterocycles. The molecular formula is C14H23N3. The number of aromatic nitrogens is 2. The molecule has 0 N–H and O–H groups in total. The zero-order valence-corrected chi connectivity index (χ0v) is 11.6. The second-order valence-corrected chi connectivity index (χ2v) is 6.37. The van der Waals surface area contributed by atoms with Gasteiger partial charge < -0.3 is 4.90 Å².